The number of aliphatic imine (C=N–C) groups is 1. The lowest BCUT2D eigenvalue weighted by Crippen LogP contribution is -1.83. The van der Waals surface area contributed by atoms with E-state index in [9.17, 15) is 5.11 Å². The molecule has 0 bridgehead atoms. The molecule has 3 heteroatoms. The highest BCUT2D eigenvalue weighted by molar-refractivity contribution is 6.09. The number of para-hydroxylation sites is 1. The summed E-state index contributed by atoms with van der Waals surface area (Å²) in [6.07, 6.45) is 1.80. The molecule has 0 unspecified atom stereocenters. The summed E-state index contributed by atoms with van der Waals surface area (Å²) < 4.78 is 0. The molecule has 0 fully saturated rings. The minimum Gasteiger partial charge on any atom is -0.507 e. The molecule has 0 atom stereocenters. The summed E-state index contributed by atoms with van der Waals surface area (Å²) in [7, 11) is 5.15. The number of phenols is 1. The molecular formula is C8H8BNO. The van der Waals surface area contributed by atoms with E-state index >= 15 is 0 Å². The van der Waals surface area contributed by atoms with Crippen molar-refractivity contribution in [1.29, 1.82) is 0 Å². The van der Waals surface area contributed by atoms with Gasteiger partial charge in [0, 0.05) is 11.8 Å². The summed E-state index contributed by atoms with van der Waals surface area (Å²) >= 11 is 0. The molecule has 1 aromatic carbocycles. The zero-order valence-electron chi connectivity index (χ0n) is 6.07. The van der Waals surface area contributed by atoms with Gasteiger partial charge in [-0.2, -0.15) is 0 Å². The van der Waals surface area contributed by atoms with Crippen molar-refractivity contribution in [1.82, 2.24) is 0 Å². The predicted octanol–water partition coefficient (Wildman–Crippen LogP) is 0.937. The Labute approximate surface area is 67.0 Å². The third-order valence-corrected chi connectivity index (χ3v) is 1.27. The first kappa shape index (κ1) is 7.86. The minimum atomic E-state index is 0.227. The lowest BCUT2D eigenvalue weighted by molar-refractivity contribution is 0.474. The largest absolute Gasteiger partial charge is 0.507 e. The molecule has 1 rings (SSSR count). The van der Waals surface area contributed by atoms with Crippen LogP contribution in [-0.4, -0.2) is 25.6 Å². The maximum atomic E-state index is 9.21. The zero-order valence-corrected chi connectivity index (χ0v) is 6.07. The van der Waals surface area contributed by atoms with Crippen molar-refractivity contribution < 1.29 is 5.11 Å². The number of hydrogen-bond acceptors (Lipinski definition) is 2. The van der Waals surface area contributed by atoms with E-state index < -0.39 is 0 Å². The van der Waals surface area contributed by atoms with Crippen molar-refractivity contribution in [3.8, 4) is 5.75 Å². The Hall–Kier alpha value is -1.25. The van der Waals surface area contributed by atoms with E-state index in [-0.39, 0.29) is 12.2 Å². The zero-order chi connectivity index (χ0) is 8.10. The van der Waals surface area contributed by atoms with Gasteiger partial charge in [-0.15, -0.1) is 0 Å². The normalized spacial score (nSPS) is 10.5. The van der Waals surface area contributed by atoms with Crippen molar-refractivity contribution in [2.24, 2.45) is 4.99 Å². The first-order valence-electron chi connectivity index (χ1n) is 3.32. The Kier molecular flexibility index (Phi) is 2.72. The van der Waals surface area contributed by atoms with E-state index in [0.29, 0.717) is 5.56 Å². The van der Waals surface area contributed by atoms with Crippen molar-refractivity contribution in [2.75, 3.05) is 6.44 Å². The summed E-state index contributed by atoms with van der Waals surface area (Å²) in [5.41, 5.74) is 0.693. The summed E-state index contributed by atoms with van der Waals surface area (Å²) in [5, 5.41) is 9.21. The Bertz CT molecular complexity index is 260. The van der Waals surface area contributed by atoms with Crippen LogP contribution in [0.15, 0.2) is 29.3 Å². The van der Waals surface area contributed by atoms with Crippen molar-refractivity contribution in [2.45, 2.75) is 0 Å². The van der Waals surface area contributed by atoms with Crippen LogP contribution in [-0.2, 0) is 0 Å². The Morgan fingerprint density at radius 1 is 1.45 bits per heavy atom. The Morgan fingerprint density at radius 2 is 2.18 bits per heavy atom. The summed E-state index contributed by atoms with van der Waals surface area (Å²) in [6, 6.07) is 6.97. The second-order valence-corrected chi connectivity index (χ2v) is 2.05. The molecule has 0 heterocycles. The molecule has 2 radical (unpaired) electrons. The van der Waals surface area contributed by atoms with Crippen LogP contribution in [0, 0.1) is 0 Å². The SMILES string of the molecule is [B]CN=Cc1ccccc1O. The summed E-state index contributed by atoms with van der Waals surface area (Å²) in [5.74, 6) is 0.227. The third kappa shape index (κ3) is 2.11. The van der Waals surface area contributed by atoms with Gasteiger partial charge in [-0.1, -0.05) is 12.1 Å². The second kappa shape index (κ2) is 3.81. The number of hydrogen-bond donors (Lipinski definition) is 1. The van der Waals surface area contributed by atoms with Gasteiger partial charge in [-0.3, -0.25) is 0 Å². The van der Waals surface area contributed by atoms with Crippen LogP contribution in [0.1, 0.15) is 5.56 Å². The van der Waals surface area contributed by atoms with Gasteiger partial charge in [0.2, 0.25) is 0 Å². The lowest BCUT2D eigenvalue weighted by Gasteiger charge is -1.95. The smallest absolute Gasteiger partial charge is 0.124 e. The number of phenolic OH excluding ortho intramolecular Hbond substituents is 1. The first-order chi connectivity index (χ1) is 5.34. The van der Waals surface area contributed by atoms with Crippen LogP contribution >= 0.6 is 0 Å². The topological polar surface area (TPSA) is 32.6 Å². The Morgan fingerprint density at radius 3 is 2.82 bits per heavy atom. The molecule has 0 aliphatic rings. The molecule has 0 spiro atoms. The van der Waals surface area contributed by atoms with Gasteiger partial charge >= 0.3 is 0 Å². The molecule has 54 valence electrons. The quantitative estimate of drug-likeness (QED) is 0.487. The molecule has 1 aromatic rings. The van der Waals surface area contributed by atoms with E-state index in [1.54, 1.807) is 24.4 Å². The molecule has 1 N–H and O–H groups in total. The fourth-order valence-electron chi connectivity index (χ4n) is 0.748. The van der Waals surface area contributed by atoms with Crippen LogP contribution in [0.4, 0.5) is 0 Å². The highest BCUT2D eigenvalue weighted by Gasteiger charge is 1.92. The maximum Gasteiger partial charge on any atom is 0.124 e. The van der Waals surface area contributed by atoms with E-state index in [4.69, 9.17) is 7.85 Å². The van der Waals surface area contributed by atoms with Gasteiger partial charge in [-0.25, -0.2) is 0 Å². The Balaban J connectivity index is 2.86. The van der Waals surface area contributed by atoms with Crippen molar-refractivity contribution >= 4 is 14.1 Å². The number of rotatable bonds is 2. The molecule has 0 aliphatic heterocycles. The standard InChI is InChI=1S/C8H8BNO/c9-6-10-5-7-3-1-2-4-8(7)11/h1-5,11H,6H2. The van der Waals surface area contributed by atoms with Gasteiger partial charge in [0.25, 0.3) is 0 Å². The van der Waals surface area contributed by atoms with E-state index in [1.165, 1.54) is 0 Å². The number of aromatic hydroxyl groups is 1. The number of benzene rings is 1. The molecule has 11 heavy (non-hydrogen) atoms. The average Bonchev–Trinajstić information content (AvgIpc) is 2.03. The van der Waals surface area contributed by atoms with Crippen LogP contribution in [0.5, 0.6) is 5.75 Å². The summed E-state index contributed by atoms with van der Waals surface area (Å²) in [6.45, 7) is 0. The highest BCUT2D eigenvalue weighted by atomic mass is 16.3. The van der Waals surface area contributed by atoms with Crippen LogP contribution in [0.25, 0.3) is 0 Å². The van der Waals surface area contributed by atoms with E-state index in [0.717, 1.165) is 0 Å². The van der Waals surface area contributed by atoms with E-state index in [1.807, 2.05) is 6.07 Å². The van der Waals surface area contributed by atoms with Crippen molar-refractivity contribution in [3.05, 3.63) is 29.8 Å². The number of nitrogens with zero attached hydrogens (tertiary/aromatic N) is 1. The van der Waals surface area contributed by atoms with Gasteiger partial charge in [0.15, 0.2) is 0 Å². The molecular weight excluding hydrogens is 137 g/mol. The highest BCUT2D eigenvalue weighted by Crippen LogP contribution is 2.12. The molecule has 0 saturated carbocycles. The van der Waals surface area contributed by atoms with Gasteiger partial charge in [0.05, 0.1) is 7.85 Å². The first-order valence-corrected chi connectivity index (χ1v) is 3.32. The van der Waals surface area contributed by atoms with Crippen molar-refractivity contribution in [3.63, 3.8) is 0 Å². The molecule has 0 aliphatic carbocycles. The van der Waals surface area contributed by atoms with E-state index in [2.05, 4.69) is 4.99 Å². The molecule has 0 amide bonds. The third-order valence-electron chi connectivity index (χ3n) is 1.27. The molecule has 2 nitrogen and oxygen atoms in total. The fourth-order valence-corrected chi connectivity index (χ4v) is 0.748. The predicted molar refractivity (Wildman–Crippen MR) is 46.3 cm³/mol. The maximum absolute atomic E-state index is 9.21. The lowest BCUT2D eigenvalue weighted by atomic mass is 10.2. The molecule has 0 aromatic heterocycles. The van der Waals surface area contributed by atoms with Crippen LogP contribution in [0.2, 0.25) is 0 Å². The van der Waals surface area contributed by atoms with Crippen LogP contribution in [0.3, 0.4) is 0 Å². The summed E-state index contributed by atoms with van der Waals surface area (Å²) in [4.78, 5) is 3.80. The van der Waals surface area contributed by atoms with Gasteiger partial charge in [0.1, 0.15) is 5.75 Å². The van der Waals surface area contributed by atoms with Crippen LogP contribution < -0.4 is 0 Å². The monoisotopic (exact) mass is 145 g/mol. The fraction of sp³-hybridized carbons (Fsp3) is 0.125. The average molecular weight is 145 g/mol. The minimum absolute atomic E-state index is 0.227. The second-order valence-electron chi connectivity index (χ2n) is 2.05. The van der Waals surface area contributed by atoms with Gasteiger partial charge < -0.3 is 10.1 Å². The molecule has 0 saturated heterocycles. The van der Waals surface area contributed by atoms with Gasteiger partial charge in [-0.05, 0) is 18.6 Å².